The molecule has 3 heterocycles. The highest BCUT2D eigenvalue weighted by Gasteiger charge is 2.27. The average Bonchev–Trinajstić information content (AvgIpc) is 3.20. The number of nitrogens with zero attached hydrogens (tertiary/aromatic N) is 4. The van der Waals surface area contributed by atoms with Gasteiger partial charge in [-0.15, -0.1) is 0 Å². The van der Waals surface area contributed by atoms with Gasteiger partial charge in [-0.1, -0.05) is 12.1 Å². The molecule has 3 rings (SSSR count). The Morgan fingerprint density at radius 1 is 1.43 bits per heavy atom. The predicted molar refractivity (Wildman–Crippen MR) is 77.5 cm³/mol. The zero-order valence-electron chi connectivity index (χ0n) is 12.7. The number of oxazole rings is 1. The smallest absolute Gasteiger partial charge is 0.208 e. The fourth-order valence-corrected chi connectivity index (χ4v) is 2.79. The van der Waals surface area contributed by atoms with Gasteiger partial charge in [0.1, 0.15) is 5.76 Å². The van der Waals surface area contributed by atoms with Crippen LogP contribution in [0.2, 0.25) is 0 Å². The van der Waals surface area contributed by atoms with Crippen molar-refractivity contribution in [1.82, 2.24) is 19.9 Å². The Morgan fingerprint density at radius 2 is 2.33 bits per heavy atom. The second kappa shape index (κ2) is 6.41. The fourth-order valence-electron chi connectivity index (χ4n) is 2.79. The van der Waals surface area contributed by atoms with E-state index in [1.165, 1.54) is 0 Å². The van der Waals surface area contributed by atoms with Crippen LogP contribution < -0.4 is 0 Å². The molecule has 1 fully saturated rings. The van der Waals surface area contributed by atoms with E-state index in [1.807, 2.05) is 12.3 Å². The number of hydrogen-bond donors (Lipinski definition) is 0. The van der Waals surface area contributed by atoms with E-state index in [-0.39, 0.29) is 0 Å². The number of likely N-dealkylation sites (tertiary alicyclic amines) is 1. The third-order valence-corrected chi connectivity index (χ3v) is 4.08. The van der Waals surface area contributed by atoms with E-state index in [0.29, 0.717) is 6.04 Å². The van der Waals surface area contributed by atoms with Gasteiger partial charge in [-0.3, -0.25) is 9.80 Å². The molecule has 0 saturated carbocycles. The third kappa shape index (κ3) is 3.51. The van der Waals surface area contributed by atoms with E-state index in [4.69, 9.17) is 8.94 Å². The largest absolute Gasteiger partial charge is 0.444 e. The fraction of sp³-hybridized carbons (Fsp3) is 0.600. The summed E-state index contributed by atoms with van der Waals surface area (Å²) in [5.41, 5.74) is 0. The van der Waals surface area contributed by atoms with Crippen molar-refractivity contribution in [2.45, 2.75) is 38.9 Å². The summed E-state index contributed by atoms with van der Waals surface area (Å²) in [6, 6.07) is 2.46. The van der Waals surface area contributed by atoms with Crippen LogP contribution in [-0.2, 0) is 19.5 Å². The standard InChI is InChI=1S/C15H22N4O2/c1-3-13-8-16-15(20-13)11-18(2)12-5-7-19(9-12)10-14-4-6-17-21-14/h4,6,8,12H,3,5,7,9-11H2,1-2H3. The van der Waals surface area contributed by atoms with E-state index in [9.17, 15) is 0 Å². The Morgan fingerprint density at radius 3 is 3.05 bits per heavy atom. The highest BCUT2D eigenvalue weighted by atomic mass is 16.5. The minimum atomic E-state index is 0.532. The van der Waals surface area contributed by atoms with Gasteiger partial charge in [-0.2, -0.15) is 0 Å². The minimum Gasteiger partial charge on any atom is -0.444 e. The SMILES string of the molecule is CCc1cnc(CN(C)C2CCN(Cc3ccno3)C2)o1. The first kappa shape index (κ1) is 14.3. The maximum Gasteiger partial charge on any atom is 0.208 e. The first-order valence-electron chi connectivity index (χ1n) is 7.50. The summed E-state index contributed by atoms with van der Waals surface area (Å²) in [6.07, 6.45) is 5.58. The van der Waals surface area contributed by atoms with E-state index < -0.39 is 0 Å². The zero-order chi connectivity index (χ0) is 14.7. The summed E-state index contributed by atoms with van der Waals surface area (Å²) in [5.74, 6) is 2.69. The van der Waals surface area contributed by atoms with Crippen molar-refractivity contribution in [2.75, 3.05) is 20.1 Å². The number of aromatic nitrogens is 2. The van der Waals surface area contributed by atoms with Crippen LogP contribution in [0.4, 0.5) is 0 Å². The lowest BCUT2D eigenvalue weighted by atomic mass is 10.2. The molecule has 0 N–H and O–H groups in total. The zero-order valence-corrected chi connectivity index (χ0v) is 12.7. The minimum absolute atomic E-state index is 0.532. The highest BCUT2D eigenvalue weighted by Crippen LogP contribution is 2.18. The molecule has 2 aromatic heterocycles. The molecule has 0 amide bonds. The normalized spacial score (nSPS) is 19.7. The van der Waals surface area contributed by atoms with Crippen LogP contribution in [0.3, 0.4) is 0 Å². The Balaban J connectivity index is 1.50. The van der Waals surface area contributed by atoms with Gasteiger partial charge in [-0.05, 0) is 13.5 Å². The number of hydrogen-bond acceptors (Lipinski definition) is 6. The van der Waals surface area contributed by atoms with Gasteiger partial charge in [0.15, 0.2) is 5.76 Å². The van der Waals surface area contributed by atoms with Gasteiger partial charge in [-0.25, -0.2) is 4.98 Å². The second-order valence-corrected chi connectivity index (χ2v) is 5.65. The van der Waals surface area contributed by atoms with Crippen molar-refractivity contribution in [3.8, 4) is 0 Å². The Hall–Kier alpha value is -1.66. The molecule has 1 saturated heterocycles. The van der Waals surface area contributed by atoms with E-state index in [1.54, 1.807) is 6.20 Å². The molecule has 1 unspecified atom stereocenters. The molecule has 0 aliphatic carbocycles. The van der Waals surface area contributed by atoms with Crippen molar-refractivity contribution in [1.29, 1.82) is 0 Å². The molecule has 0 aromatic carbocycles. The van der Waals surface area contributed by atoms with Crippen LogP contribution in [0, 0.1) is 0 Å². The Bertz CT molecular complexity index is 552. The third-order valence-electron chi connectivity index (χ3n) is 4.08. The monoisotopic (exact) mass is 290 g/mol. The predicted octanol–water partition coefficient (Wildman–Crippen LogP) is 1.93. The van der Waals surface area contributed by atoms with Crippen LogP contribution in [0.15, 0.2) is 27.4 Å². The quantitative estimate of drug-likeness (QED) is 0.810. The first-order valence-corrected chi connectivity index (χ1v) is 7.50. The maximum atomic E-state index is 5.69. The van der Waals surface area contributed by atoms with Crippen molar-refractivity contribution >= 4 is 0 Å². The Labute approximate surface area is 124 Å². The van der Waals surface area contributed by atoms with Gasteiger partial charge in [0.05, 0.1) is 25.5 Å². The van der Waals surface area contributed by atoms with Gasteiger partial charge in [0, 0.05) is 31.6 Å². The Kier molecular flexibility index (Phi) is 4.36. The van der Waals surface area contributed by atoms with Crippen LogP contribution in [0.1, 0.15) is 30.8 Å². The lowest BCUT2D eigenvalue weighted by Gasteiger charge is -2.23. The van der Waals surface area contributed by atoms with Crippen LogP contribution >= 0.6 is 0 Å². The van der Waals surface area contributed by atoms with Gasteiger partial charge < -0.3 is 8.94 Å². The topological polar surface area (TPSA) is 58.5 Å². The molecule has 1 aliphatic rings. The summed E-state index contributed by atoms with van der Waals surface area (Å²) >= 11 is 0. The summed E-state index contributed by atoms with van der Waals surface area (Å²) in [7, 11) is 2.14. The average molecular weight is 290 g/mol. The molecular formula is C15H22N4O2. The number of rotatable bonds is 6. The highest BCUT2D eigenvalue weighted by molar-refractivity contribution is 4.96. The number of aryl methyl sites for hydroxylation is 1. The summed E-state index contributed by atoms with van der Waals surface area (Å²) in [5, 5.41) is 3.75. The molecule has 1 aliphatic heterocycles. The molecule has 1 atom stereocenters. The van der Waals surface area contributed by atoms with Crippen LogP contribution in [0.25, 0.3) is 0 Å². The lowest BCUT2D eigenvalue weighted by molar-refractivity contribution is 0.198. The van der Waals surface area contributed by atoms with Crippen molar-refractivity contribution in [2.24, 2.45) is 0 Å². The van der Waals surface area contributed by atoms with Gasteiger partial charge in [0.25, 0.3) is 0 Å². The molecule has 0 radical (unpaired) electrons. The molecule has 21 heavy (non-hydrogen) atoms. The van der Waals surface area contributed by atoms with Crippen LogP contribution in [0.5, 0.6) is 0 Å². The van der Waals surface area contributed by atoms with Crippen molar-refractivity contribution < 1.29 is 8.94 Å². The summed E-state index contributed by atoms with van der Waals surface area (Å²) in [4.78, 5) is 9.06. The van der Waals surface area contributed by atoms with Gasteiger partial charge in [0.2, 0.25) is 5.89 Å². The molecule has 0 bridgehead atoms. The number of likely N-dealkylation sites (N-methyl/N-ethyl adjacent to an activating group) is 1. The van der Waals surface area contributed by atoms with E-state index in [2.05, 4.69) is 33.9 Å². The lowest BCUT2D eigenvalue weighted by Crippen LogP contribution is -2.34. The second-order valence-electron chi connectivity index (χ2n) is 5.65. The maximum absolute atomic E-state index is 5.69. The first-order chi connectivity index (χ1) is 10.2. The molecule has 6 heteroatoms. The molecule has 6 nitrogen and oxygen atoms in total. The summed E-state index contributed by atoms with van der Waals surface area (Å²) < 4.78 is 10.9. The van der Waals surface area contributed by atoms with Crippen LogP contribution in [-0.4, -0.2) is 46.1 Å². The van der Waals surface area contributed by atoms with E-state index in [0.717, 1.165) is 56.4 Å². The van der Waals surface area contributed by atoms with Gasteiger partial charge >= 0.3 is 0 Å². The summed E-state index contributed by atoms with van der Waals surface area (Å²) in [6.45, 7) is 5.80. The molecule has 2 aromatic rings. The van der Waals surface area contributed by atoms with E-state index >= 15 is 0 Å². The molecule has 114 valence electrons. The van der Waals surface area contributed by atoms with Crippen molar-refractivity contribution in [3.63, 3.8) is 0 Å². The molecular weight excluding hydrogens is 268 g/mol. The van der Waals surface area contributed by atoms with Crippen molar-refractivity contribution in [3.05, 3.63) is 35.9 Å². The molecule has 0 spiro atoms.